The first-order valence-corrected chi connectivity index (χ1v) is 24.2. The molecule has 0 saturated carbocycles. The maximum atomic E-state index is 12.8. The number of rotatable bonds is 40. The van der Waals surface area contributed by atoms with Crippen LogP contribution in [-0.4, -0.2) is 89.6 Å². The lowest BCUT2D eigenvalue weighted by atomic mass is 9.99. The van der Waals surface area contributed by atoms with Crippen LogP contribution in [0.1, 0.15) is 174 Å². The van der Waals surface area contributed by atoms with E-state index in [1.807, 2.05) is 0 Å². The normalized spacial score (nSPS) is 20.7. The fourth-order valence-electron chi connectivity index (χ4n) is 6.78. The number of unbranched alkanes of at least 4 members (excludes halogenated alkanes) is 15. The van der Waals surface area contributed by atoms with Crippen molar-refractivity contribution in [3.63, 3.8) is 0 Å². The van der Waals surface area contributed by atoms with Gasteiger partial charge in [0.05, 0.1) is 19.8 Å². The molecule has 350 valence electrons. The van der Waals surface area contributed by atoms with Crippen LogP contribution in [0, 0.1) is 0 Å². The van der Waals surface area contributed by atoms with Crippen LogP contribution in [0.4, 0.5) is 0 Å². The fourth-order valence-corrected chi connectivity index (χ4v) is 6.78. The molecule has 0 aromatic carbocycles. The van der Waals surface area contributed by atoms with Crippen molar-refractivity contribution in [2.24, 2.45) is 0 Å². The number of aliphatic hydroxyl groups excluding tert-OH is 4. The van der Waals surface area contributed by atoms with Crippen LogP contribution in [0.5, 0.6) is 0 Å². The second kappa shape index (κ2) is 42.7. The lowest BCUT2D eigenvalue weighted by molar-refractivity contribution is -0.305. The summed E-state index contributed by atoms with van der Waals surface area (Å²) in [5.41, 5.74) is 0. The zero-order chi connectivity index (χ0) is 44.3. The van der Waals surface area contributed by atoms with Crippen molar-refractivity contribution in [1.29, 1.82) is 0 Å². The minimum atomic E-state index is -1.54. The second-order valence-corrected chi connectivity index (χ2v) is 16.2. The largest absolute Gasteiger partial charge is 0.457 e. The average Bonchev–Trinajstić information content (AvgIpc) is 3.26. The highest BCUT2D eigenvalue weighted by Gasteiger charge is 2.44. The van der Waals surface area contributed by atoms with Crippen LogP contribution in [0.25, 0.3) is 0 Å². The number of esters is 1. The molecule has 0 aliphatic carbocycles. The molecule has 1 fully saturated rings. The summed E-state index contributed by atoms with van der Waals surface area (Å²) in [4.78, 5) is 12.8. The van der Waals surface area contributed by atoms with E-state index < -0.39 is 43.4 Å². The summed E-state index contributed by atoms with van der Waals surface area (Å²) in [6.07, 6.45) is 50.4. The molecule has 1 heterocycles. The first-order chi connectivity index (χ1) is 29.9. The Morgan fingerprint density at radius 1 is 0.541 bits per heavy atom. The monoisotopic (exact) mass is 857 g/mol. The van der Waals surface area contributed by atoms with Gasteiger partial charge in [0.25, 0.3) is 0 Å². The van der Waals surface area contributed by atoms with Crippen LogP contribution in [0.3, 0.4) is 0 Å². The third-order valence-corrected chi connectivity index (χ3v) is 10.5. The molecule has 9 heteroatoms. The molecule has 9 nitrogen and oxygen atoms in total. The lowest BCUT2D eigenvalue weighted by Crippen LogP contribution is -2.59. The summed E-state index contributed by atoms with van der Waals surface area (Å²) in [5.74, 6) is -0.334. The number of hydrogen-bond donors (Lipinski definition) is 4. The Hall–Kier alpha value is -2.63. The van der Waals surface area contributed by atoms with Crippen molar-refractivity contribution < 1.29 is 44.2 Å². The highest BCUT2D eigenvalue weighted by atomic mass is 16.7. The SMILES string of the molecule is CC/C=C\C/C=C\C/C=C\C/C=C\C/C=C\C/C=C\CCCCCCCCC(=O)OC(COCCCCCCCC/C=C\CCCCC)COC1OC(CO)C(O)C(O)C1O. The van der Waals surface area contributed by atoms with E-state index in [2.05, 4.69) is 98.9 Å². The summed E-state index contributed by atoms with van der Waals surface area (Å²) in [5, 5.41) is 40.2. The van der Waals surface area contributed by atoms with E-state index in [0.29, 0.717) is 13.0 Å². The van der Waals surface area contributed by atoms with Crippen molar-refractivity contribution in [2.75, 3.05) is 26.4 Å². The Balaban J connectivity index is 2.24. The molecule has 1 saturated heterocycles. The van der Waals surface area contributed by atoms with E-state index in [1.54, 1.807) is 0 Å². The number of carbonyl (C=O) groups is 1. The van der Waals surface area contributed by atoms with Crippen LogP contribution in [-0.2, 0) is 23.7 Å². The van der Waals surface area contributed by atoms with Crippen LogP contribution in [0.15, 0.2) is 85.1 Å². The second-order valence-electron chi connectivity index (χ2n) is 16.2. The van der Waals surface area contributed by atoms with Gasteiger partial charge in [-0.2, -0.15) is 0 Å². The van der Waals surface area contributed by atoms with Gasteiger partial charge in [-0.1, -0.05) is 163 Å². The molecule has 61 heavy (non-hydrogen) atoms. The summed E-state index contributed by atoms with van der Waals surface area (Å²) in [7, 11) is 0. The summed E-state index contributed by atoms with van der Waals surface area (Å²) < 4.78 is 22.8. The van der Waals surface area contributed by atoms with Gasteiger partial charge in [-0.15, -0.1) is 0 Å². The minimum Gasteiger partial charge on any atom is -0.457 e. The predicted octanol–water partition coefficient (Wildman–Crippen LogP) is 11.4. The van der Waals surface area contributed by atoms with E-state index >= 15 is 0 Å². The van der Waals surface area contributed by atoms with Gasteiger partial charge in [0.1, 0.15) is 30.5 Å². The lowest BCUT2D eigenvalue weighted by Gasteiger charge is -2.39. The number of aliphatic hydroxyl groups is 4. The molecular weight excluding hydrogens is 769 g/mol. The summed E-state index contributed by atoms with van der Waals surface area (Å²) in [6, 6.07) is 0. The van der Waals surface area contributed by atoms with Crippen molar-refractivity contribution in [3.8, 4) is 0 Å². The van der Waals surface area contributed by atoms with Gasteiger partial charge in [-0.05, 0) is 89.9 Å². The van der Waals surface area contributed by atoms with E-state index in [1.165, 1.54) is 51.4 Å². The Labute approximate surface area is 371 Å². The molecule has 0 aromatic heterocycles. The molecular formula is C52H88O9. The van der Waals surface area contributed by atoms with Gasteiger partial charge in [0, 0.05) is 13.0 Å². The molecule has 0 bridgehead atoms. The first-order valence-electron chi connectivity index (χ1n) is 24.2. The molecule has 1 aliphatic rings. The number of hydrogen-bond acceptors (Lipinski definition) is 9. The molecule has 1 aliphatic heterocycles. The Morgan fingerprint density at radius 3 is 1.52 bits per heavy atom. The van der Waals surface area contributed by atoms with Crippen molar-refractivity contribution in [1.82, 2.24) is 0 Å². The Morgan fingerprint density at radius 2 is 1.00 bits per heavy atom. The third-order valence-electron chi connectivity index (χ3n) is 10.5. The van der Waals surface area contributed by atoms with Crippen molar-refractivity contribution in [3.05, 3.63) is 85.1 Å². The molecule has 0 spiro atoms. The maximum absolute atomic E-state index is 12.8. The summed E-state index contributed by atoms with van der Waals surface area (Å²) >= 11 is 0. The molecule has 6 unspecified atom stereocenters. The van der Waals surface area contributed by atoms with Crippen molar-refractivity contribution >= 4 is 5.97 Å². The number of carbonyl (C=O) groups excluding carboxylic acids is 1. The first kappa shape index (κ1) is 56.4. The molecule has 0 aromatic rings. The van der Waals surface area contributed by atoms with Gasteiger partial charge >= 0.3 is 5.97 Å². The van der Waals surface area contributed by atoms with E-state index in [-0.39, 0.29) is 19.2 Å². The highest BCUT2D eigenvalue weighted by Crippen LogP contribution is 2.22. The van der Waals surface area contributed by atoms with Gasteiger partial charge in [-0.25, -0.2) is 0 Å². The van der Waals surface area contributed by atoms with Gasteiger partial charge in [0.15, 0.2) is 6.29 Å². The zero-order valence-corrected chi connectivity index (χ0v) is 38.4. The highest BCUT2D eigenvalue weighted by molar-refractivity contribution is 5.69. The number of allylic oxidation sites excluding steroid dienone is 14. The smallest absolute Gasteiger partial charge is 0.306 e. The van der Waals surface area contributed by atoms with Crippen LogP contribution < -0.4 is 0 Å². The quantitative estimate of drug-likeness (QED) is 0.0270. The van der Waals surface area contributed by atoms with Crippen LogP contribution in [0.2, 0.25) is 0 Å². The Kier molecular flexibility index (Phi) is 39.4. The maximum Gasteiger partial charge on any atom is 0.306 e. The Bertz CT molecular complexity index is 1200. The average molecular weight is 857 g/mol. The fraction of sp³-hybridized carbons (Fsp3) is 0.712. The third kappa shape index (κ3) is 33.6. The molecule has 6 atom stereocenters. The van der Waals surface area contributed by atoms with E-state index in [4.69, 9.17) is 18.9 Å². The molecule has 0 amide bonds. The van der Waals surface area contributed by atoms with Crippen molar-refractivity contribution in [2.45, 2.75) is 211 Å². The zero-order valence-electron chi connectivity index (χ0n) is 38.4. The minimum absolute atomic E-state index is 0.127. The van der Waals surface area contributed by atoms with E-state index in [0.717, 1.165) is 103 Å². The molecule has 4 N–H and O–H groups in total. The standard InChI is InChI=1S/C52H88O9/c1-3-5-7-9-11-13-15-17-18-19-20-21-22-23-24-25-26-27-28-29-31-33-35-37-39-41-48(54)60-46(45-59-52-51(57)50(56)49(55)47(43-53)61-52)44-58-42-40-38-36-34-32-30-16-14-12-10-8-6-4-2/h5,7,11-14,17-18,20-21,23-24,26-27,46-47,49-53,55-57H,3-4,6,8-10,15-16,19,22,25,28-45H2,1-2H3/b7-5-,13-11-,14-12-,18-17-,21-20-,24-23-,27-26-. The van der Waals surface area contributed by atoms with Gasteiger partial charge < -0.3 is 39.4 Å². The van der Waals surface area contributed by atoms with Gasteiger partial charge in [0.2, 0.25) is 0 Å². The summed E-state index contributed by atoms with van der Waals surface area (Å²) in [6.45, 7) is 4.38. The predicted molar refractivity (Wildman–Crippen MR) is 251 cm³/mol. The van der Waals surface area contributed by atoms with E-state index in [9.17, 15) is 25.2 Å². The van der Waals surface area contributed by atoms with Gasteiger partial charge in [-0.3, -0.25) is 4.79 Å². The van der Waals surface area contributed by atoms with Crippen LogP contribution >= 0.6 is 0 Å². The number of ether oxygens (including phenoxy) is 4. The molecule has 1 rings (SSSR count). The molecule has 0 radical (unpaired) electrons. The topological polar surface area (TPSA) is 135 Å².